The Hall–Kier alpha value is -0.300. The summed E-state index contributed by atoms with van der Waals surface area (Å²) in [4.78, 5) is 0. The molecule has 13 heavy (non-hydrogen) atoms. The van der Waals surface area contributed by atoms with Gasteiger partial charge in [0.25, 0.3) is 0 Å². The Morgan fingerprint density at radius 2 is 1.77 bits per heavy atom. The highest BCUT2D eigenvalue weighted by Gasteiger charge is 2.17. The normalized spacial score (nSPS) is 21.5. The molecule has 1 aliphatic rings. The van der Waals surface area contributed by atoms with Gasteiger partial charge in [-0.2, -0.15) is 0 Å². The molecule has 1 nitrogen and oxygen atoms in total. The predicted octanol–water partition coefficient (Wildman–Crippen LogP) is 3.12. The maximum absolute atomic E-state index is 3.43. The van der Waals surface area contributed by atoms with Gasteiger partial charge in [0.05, 0.1) is 0 Å². The number of hydrogen-bond acceptors (Lipinski definition) is 1. The van der Waals surface area contributed by atoms with E-state index < -0.39 is 0 Å². The zero-order valence-electron chi connectivity index (χ0n) is 9.32. The molecule has 0 aromatic rings. The van der Waals surface area contributed by atoms with Gasteiger partial charge in [0, 0.05) is 0 Å². The van der Waals surface area contributed by atoms with E-state index in [9.17, 15) is 0 Å². The first-order chi connectivity index (χ1) is 6.29. The van der Waals surface area contributed by atoms with E-state index in [-0.39, 0.29) is 0 Å². The fourth-order valence-electron chi connectivity index (χ4n) is 2.34. The van der Waals surface area contributed by atoms with Crippen molar-refractivity contribution < 1.29 is 0 Å². The Labute approximate surface area is 82.6 Å². The number of rotatable bonds is 3. The second-order valence-electron chi connectivity index (χ2n) is 4.04. The summed E-state index contributed by atoms with van der Waals surface area (Å²) in [5.74, 6) is 0.881. The molecule has 0 unspecified atom stereocenters. The van der Waals surface area contributed by atoms with Gasteiger partial charge in [-0.3, -0.25) is 0 Å². The summed E-state index contributed by atoms with van der Waals surface area (Å²) in [6, 6.07) is 0. The van der Waals surface area contributed by atoms with E-state index in [1.807, 2.05) is 0 Å². The highest BCUT2D eigenvalue weighted by molar-refractivity contribution is 5.15. The third-order valence-corrected chi connectivity index (χ3v) is 3.29. The number of hydrogen-bond donors (Lipinski definition) is 1. The maximum atomic E-state index is 3.43. The van der Waals surface area contributed by atoms with E-state index in [1.54, 1.807) is 11.1 Å². The number of allylic oxidation sites excluding steroid dienone is 2. The molecule has 0 aromatic carbocycles. The van der Waals surface area contributed by atoms with Crippen LogP contribution in [-0.4, -0.2) is 13.1 Å². The van der Waals surface area contributed by atoms with Crippen LogP contribution in [-0.2, 0) is 0 Å². The summed E-state index contributed by atoms with van der Waals surface area (Å²) < 4.78 is 0. The SMILES string of the molecule is CC/C(C)=C(/CC)C1CCNCC1. The smallest absolute Gasteiger partial charge is 0.00432 e. The lowest BCUT2D eigenvalue weighted by Gasteiger charge is -2.26. The molecule has 1 fully saturated rings. The van der Waals surface area contributed by atoms with Crippen molar-refractivity contribution in [3.05, 3.63) is 11.1 Å². The van der Waals surface area contributed by atoms with Gasteiger partial charge in [-0.05, 0) is 51.6 Å². The molecule has 1 heteroatoms. The van der Waals surface area contributed by atoms with Crippen molar-refractivity contribution in [1.82, 2.24) is 5.32 Å². The number of nitrogens with one attached hydrogen (secondary N) is 1. The van der Waals surface area contributed by atoms with Gasteiger partial charge in [-0.25, -0.2) is 0 Å². The molecule has 0 radical (unpaired) electrons. The standard InChI is InChI=1S/C12H23N/c1-4-10(3)12(5-2)11-6-8-13-9-7-11/h11,13H,4-9H2,1-3H3/b12-10-. The minimum Gasteiger partial charge on any atom is -0.317 e. The van der Waals surface area contributed by atoms with Crippen LogP contribution < -0.4 is 5.32 Å². The van der Waals surface area contributed by atoms with E-state index in [2.05, 4.69) is 26.1 Å². The molecule has 1 saturated heterocycles. The van der Waals surface area contributed by atoms with Gasteiger partial charge in [-0.1, -0.05) is 25.0 Å². The number of piperidine rings is 1. The zero-order chi connectivity index (χ0) is 9.68. The predicted molar refractivity (Wildman–Crippen MR) is 58.9 cm³/mol. The molecule has 0 bridgehead atoms. The fraction of sp³-hybridized carbons (Fsp3) is 0.833. The van der Waals surface area contributed by atoms with Gasteiger partial charge in [0.2, 0.25) is 0 Å². The molecule has 1 rings (SSSR count). The van der Waals surface area contributed by atoms with Gasteiger partial charge in [0.15, 0.2) is 0 Å². The van der Waals surface area contributed by atoms with E-state index in [0.29, 0.717) is 0 Å². The van der Waals surface area contributed by atoms with Crippen LogP contribution >= 0.6 is 0 Å². The zero-order valence-corrected chi connectivity index (χ0v) is 9.32. The largest absolute Gasteiger partial charge is 0.317 e. The van der Waals surface area contributed by atoms with Gasteiger partial charge < -0.3 is 5.32 Å². The Morgan fingerprint density at radius 3 is 2.23 bits per heavy atom. The summed E-state index contributed by atoms with van der Waals surface area (Å²) in [7, 11) is 0. The van der Waals surface area contributed by atoms with E-state index in [4.69, 9.17) is 0 Å². The summed E-state index contributed by atoms with van der Waals surface area (Å²) in [6.07, 6.45) is 5.18. The Bertz CT molecular complexity index is 176. The first-order valence-corrected chi connectivity index (χ1v) is 5.68. The lowest BCUT2D eigenvalue weighted by molar-refractivity contribution is 0.410. The average molecular weight is 181 g/mol. The molecule has 0 saturated carbocycles. The third-order valence-electron chi connectivity index (χ3n) is 3.29. The van der Waals surface area contributed by atoms with Gasteiger partial charge >= 0.3 is 0 Å². The highest BCUT2D eigenvalue weighted by atomic mass is 14.9. The Morgan fingerprint density at radius 1 is 1.15 bits per heavy atom. The van der Waals surface area contributed by atoms with Crippen molar-refractivity contribution >= 4 is 0 Å². The molecule has 1 aliphatic heterocycles. The summed E-state index contributed by atoms with van der Waals surface area (Å²) in [5, 5.41) is 3.43. The molecule has 0 atom stereocenters. The van der Waals surface area contributed by atoms with Crippen LogP contribution in [0.15, 0.2) is 11.1 Å². The summed E-state index contributed by atoms with van der Waals surface area (Å²) >= 11 is 0. The van der Waals surface area contributed by atoms with E-state index in [0.717, 1.165) is 5.92 Å². The van der Waals surface area contributed by atoms with Gasteiger partial charge in [-0.15, -0.1) is 0 Å². The maximum Gasteiger partial charge on any atom is -0.00432 e. The van der Waals surface area contributed by atoms with Crippen molar-refractivity contribution in [1.29, 1.82) is 0 Å². The Balaban J connectivity index is 2.64. The van der Waals surface area contributed by atoms with Crippen LogP contribution in [0.5, 0.6) is 0 Å². The van der Waals surface area contributed by atoms with Crippen LogP contribution in [0.3, 0.4) is 0 Å². The molecule has 1 N–H and O–H groups in total. The lowest BCUT2D eigenvalue weighted by Crippen LogP contribution is -2.28. The minimum atomic E-state index is 0.881. The topological polar surface area (TPSA) is 12.0 Å². The third kappa shape index (κ3) is 2.84. The molecule has 76 valence electrons. The molecule has 0 aromatic heterocycles. The molecule has 0 aliphatic carbocycles. The van der Waals surface area contributed by atoms with Crippen LogP contribution in [0.2, 0.25) is 0 Å². The van der Waals surface area contributed by atoms with E-state index >= 15 is 0 Å². The highest BCUT2D eigenvalue weighted by Crippen LogP contribution is 2.27. The van der Waals surface area contributed by atoms with Crippen LogP contribution in [0, 0.1) is 5.92 Å². The van der Waals surface area contributed by atoms with Crippen molar-refractivity contribution in [2.45, 2.75) is 46.5 Å². The molecular weight excluding hydrogens is 158 g/mol. The quantitative estimate of drug-likeness (QED) is 0.660. The van der Waals surface area contributed by atoms with E-state index in [1.165, 1.54) is 38.8 Å². The summed E-state index contributed by atoms with van der Waals surface area (Å²) in [5.41, 5.74) is 3.37. The second kappa shape index (κ2) is 5.43. The molecule has 0 spiro atoms. The average Bonchev–Trinajstić information content (AvgIpc) is 2.20. The van der Waals surface area contributed by atoms with Crippen molar-refractivity contribution in [2.24, 2.45) is 5.92 Å². The monoisotopic (exact) mass is 181 g/mol. The first-order valence-electron chi connectivity index (χ1n) is 5.68. The van der Waals surface area contributed by atoms with Crippen molar-refractivity contribution in [2.75, 3.05) is 13.1 Å². The minimum absolute atomic E-state index is 0.881. The fourth-order valence-corrected chi connectivity index (χ4v) is 2.34. The van der Waals surface area contributed by atoms with Crippen LogP contribution in [0.4, 0.5) is 0 Å². The lowest BCUT2D eigenvalue weighted by atomic mass is 9.85. The van der Waals surface area contributed by atoms with Crippen molar-refractivity contribution in [3.8, 4) is 0 Å². The van der Waals surface area contributed by atoms with Crippen molar-refractivity contribution in [3.63, 3.8) is 0 Å². The summed E-state index contributed by atoms with van der Waals surface area (Å²) in [6.45, 7) is 9.31. The second-order valence-corrected chi connectivity index (χ2v) is 4.04. The van der Waals surface area contributed by atoms with Crippen LogP contribution in [0.25, 0.3) is 0 Å². The van der Waals surface area contributed by atoms with Gasteiger partial charge in [0.1, 0.15) is 0 Å². The molecule has 0 amide bonds. The molecule has 1 heterocycles. The Kier molecular flexibility index (Phi) is 4.51. The first kappa shape index (κ1) is 10.8. The van der Waals surface area contributed by atoms with Crippen LogP contribution in [0.1, 0.15) is 46.5 Å². The molecular formula is C12H23N.